The number of alkyl halides is 3. The van der Waals surface area contributed by atoms with E-state index in [-0.39, 0.29) is 11.7 Å². The summed E-state index contributed by atoms with van der Waals surface area (Å²) in [4.78, 5) is 3.64. The summed E-state index contributed by atoms with van der Waals surface area (Å²) in [5, 5.41) is 0. The van der Waals surface area contributed by atoms with Crippen molar-refractivity contribution in [2.45, 2.75) is 6.18 Å². The molecule has 0 atom stereocenters. The second-order valence-electron chi connectivity index (χ2n) is 2.41. The third kappa shape index (κ3) is 3.48. The molecule has 0 aromatic carbocycles. The Morgan fingerprint density at radius 1 is 1.43 bits per heavy atom. The van der Waals surface area contributed by atoms with Gasteiger partial charge in [0.25, 0.3) is 0 Å². The van der Waals surface area contributed by atoms with Crippen molar-refractivity contribution in [2.75, 3.05) is 12.0 Å². The molecular weight excluding hydrogens is 199 g/mol. The molecule has 0 fully saturated rings. The second kappa shape index (κ2) is 4.14. The van der Waals surface area contributed by atoms with Crippen LogP contribution >= 0.6 is 0 Å². The van der Waals surface area contributed by atoms with E-state index in [2.05, 4.69) is 15.1 Å². The van der Waals surface area contributed by atoms with Gasteiger partial charge in [-0.3, -0.25) is 0 Å². The van der Waals surface area contributed by atoms with Crippen molar-refractivity contribution < 1.29 is 17.9 Å². The number of aromatic nitrogens is 1. The zero-order valence-corrected chi connectivity index (χ0v) is 7.01. The van der Waals surface area contributed by atoms with Crippen LogP contribution < -0.4 is 16.0 Å². The van der Waals surface area contributed by atoms with Gasteiger partial charge in [-0.05, 0) is 6.07 Å². The summed E-state index contributed by atoms with van der Waals surface area (Å²) in [7, 11) is 0. The lowest BCUT2D eigenvalue weighted by Gasteiger charge is -2.08. The SMILES string of the molecule is NNc1cccc(OCC(F)(F)F)n1. The van der Waals surface area contributed by atoms with Crippen LogP contribution in [0.3, 0.4) is 0 Å². The molecule has 0 unspecified atom stereocenters. The number of halogens is 3. The monoisotopic (exact) mass is 207 g/mol. The van der Waals surface area contributed by atoms with Gasteiger partial charge in [0.05, 0.1) is 0 Å². The number of nitrogens with zero attached hydrogens (tertiary/aromatic N) is 1. The second-order valence-corrected chi connectivity index (χ2v) is 2.41. The van der Waals surface area contributed by atoms with E-state index in [1.54, 1.807) is 0 Å². The summed E-state index contributed by atoms with van der Waals surface area (Å²) in [5.41, 5.74) is 2.19. The van der Waals surface area contributed by atoms with Crippen molar-refractivity contribution in [3.63, 3.8) is 0 Å². The zero-order valence-electron chi connectivity index (χ0n) is 7.01. The summed E-state index contributed by atoms with van der Waals surface area (Å²) >= 11 is 0. The molecular formula is C7H8F3N3O. The van der Waals surface area contributed by atoms with Gasteiger partial charge in [-0.2, -0.15) is 18.2 Å². The lowest BCUT2D eigenvalue weighted by molar-refractivity contribution is -0.154. The number of anilines is 1. The van der Waals surface area contributed by atoms with Crippen molar-refractivity contribution >= 4 is 5.82 Å². The lowest BCUT2D eigenvalue weighted by Crippen LogP contribution is -2.20. The van der Waals surface area contributed by atoms with Gasteiger partial charge < -0.3 is 10.2 Å². The number of hydrogen-bond donors (Lipinski definition) is 2. The Bertz CT molecular complexity index is 302. The van der Waals surface area contributed by atoms with Crippen molar-refractivity contribution in [3.8, 4) is 5.88 Å². The number of nitrogen functional groups attached to an aromatic ring is 1. The van der Waals surface area contributed by atoms with Crippen LogP contribution in [0.15, 0.2) is 18.2 Å². The first-order chi connectivity index (χ1) is 6.51. The molecule has 78 valence electrons. The average molecular weight is 207 g/mol. The maximum atomic E-state index is 11.7. The number of nitrogens with two attached hydrogens (primary N) is 1. The molecule has 14 heavy (non-hydrogen) atoms. The third-order valence-corrected chi connectivity index (χ3v) is 1.26. The van der Waals surface area contributed by atoms with Gasteiger partial charge in [-0.25, -0.2) is 5.84 Å². The van der Waals surface area contributed by atoms with Gasteiger partial charge in [0.15, 0.2) is 6.61 Å². The van der Waals surface area contributed by atoms with E-state index in [0.29, 0.717) is 0 Å². The molecule has 1 aromatic rings. The first-order valence-corrected chi connectivity index (χ1v) is 3.64. The minimum absolute atomic E-state index is 0.127. The van der Waals surface area contributed by atoms with E-state index in [4.69, 9.17) is 5.84 Å². The van der Waals surface area contributed by atoms with E-state index in [1.807, 2.05) is 0 Å². The van der Waals surface area contributed by atoms with Gasteiger partial charge in [0.2, 0.25) is 5.88 Å². The number of pyridine rings is 1. The molecule has 0 saturated carbocycles. The highest BCUT2D eigenvalue weighted by Crippen LogP contribution is 2.17. The number of hydrogen-bond acceptors (Lipinski definition) is 4. The predicted octanol–water partition coefficient (Wildman–Crippen LogP) is 1.31. The molecule has 0 radical (unpaired) electrons. The molecule has 1 heterocycles. The van der Waals surface area contributed by atoms with E-state index in [0.717, 1.165) is 0 Å². The number of rotatable bonds is 3. The minimum Gasteiger partial charge on any atom is -0.468 e. The van der Waals surface area contributed by atoms with E-state index in [9.17, 15) is 13.2 Å². The first kappa shape index (κ1) is 10.6. The van der Waals surface area contributed by atoms with Gasteiger partial charge >= 0.3 is 6.18 Å². The largest absolute Gasteiger partial charge is 0.468 e. The van der Waals surface area contributed by atoms with Gasteiger partial charge in [0.1, 0.15) is 5.82 Å². The molecule has 7 heteroatoms. The van der Waals surface area contributed by atoms with Crippen LogP contribution in [-0.2, 0) is 0 Å². The van der Waals surface area contributed by atoms with Crippen LogP contribution in [0.1, 0.15) is 0 Å². The molecule has 0 spiro atoms. The summed E-state index contributed by atoms with van der Waals surface area (Å²) < 4.78 is 39.6. The quantitative estimate of drug-likeness (QED) is 0.579. The highest BCUT2D eigenvalue weighted by molar-refractivity contribution is 5.35. The van der Waals surface area contributed by atoms with Gasteiger partial charge in [-0.15, -0.1) is 0 Å². The summed E-state index contributed by atoms with van der Waals surface area (Å²) in [6, 6.07) is 4.29. The van der Waals surface area contributed by atoms with Crippen LogP contribution in [0.5, 0.6) is 5.88 Å². The van der Waals surface area contributed by atoms with Crippen LogP contribution in [-0.4, -0.2) is 17.8 Å². The van der Waals surface area contributed by atoms with Crippen molar-refractivity contribution in [1.82, 2.24) is 4.98 Å². The predicted molar refractivity (Wildman–Crippen MR) is 43.6 cm³/mol. The number of hydrazine groups is 1. The normalized spacial score (nSPS) is 11.1. The molecule has 1 aromatic heterocycles. The van der Waals surface area contributed by atoms with Crippen molar-refractivity contribution in [1.29, 1.82) is 0 Å². The summed E-state index contributed by atoms with van der Waals surface area (Å²) in [6.07, 6.45) is -4.37. The third-order valence-electron chi connectivity index (χ3n) is 1.26. The van der Waals surface area contributed by atoms with E-state index in [1.165, 1.54) is 18.2 Å². The summed E-state index contributed by atoms with van der Waals surface area (Å²) in [5.74, 6) is 5.12. The zero-order chi connectivity index (χ0) is 10.6. The van der Waals surface area contributed by atoms with Crippen LogP contribution in [0.4, 0.5) is 19.0 Å². The average Bonchev–Trinajstić information content (AvgIpc) is 2.14. The van der Waals surface area contributed by atoms with Crippen molar-refractivity contribution in [2.24, 2.45) is 5.84 Å². The molecule has 0 aliphatic heterocycles. The molecule has 0 amide bonds. The Hall–Kier alpha value is -1.50. The van der Waals surface area contributed by atoms with Gasteiger partial charge in [-0.1, -0.05) is 6.07 Å². The smallest absolute Gasteiger partial charge is 0.422 e. The molecule has 3 N–H and O–H groups in total. The Labute approximate surface area is 77.9 Å². The topological polar surface area (TPSA) is 60.2 Å². The number of ether oxygens (including phenoxy) is 1. The van der Waals surface area contributed by atoms with Crippen molar-refractivity contribution in [3.05, 3.63) is 18.2 Å². The van der Waals surface area contributed by atoms with Crippen LogP contribution in [0, 0.1) is 0 Å². The van der Waals surface area contributed by atoms with Crippen LogP contribution in [0.2, 0.25) is 0 Å². The molecule has 0 aliphatic carbocycles. The maximum absolute atomic E-state index is 11.7. The molecule has 0 aliphatic rings. The van der Waals surface area contributed by atoms with Crippen LogP contribution in [0.25, 0.3) is 0 Å². The molecule has 4 nitrogen and oxygen atoms in total. The number of nitrogens with one attached hydrogen (secondary N) is 1. The maximum Gasteiger partial charge on any atom is 0.422 e. The molecule has 1 rings (SSSR count). The minimum atomic E-state index is -4.37. The Morgan fingerprint density at radius 3 is 2.71 bits per heavy atom. The first-order valence-electron chi connectivity index (χ1n) is 3.64. The standard InChI is InChI=1S/C7H8F3N3O/c8-7(9,10)4-14-6-3-1-2-5(12-6)13-11/h1-3H,4,11H2,(H,12,13). The molecule has 0 saturated heterocycles. The highest BCUT2D eigenvalue weighted by Gasteiger charge is 2.28. The fraction of sp³-hybridized carbons (Fsp3) is 0.286. The fourth-order valence-corrected chi connectivity index (χ4v) is 0.731. The highest BCUT2D eigenvalue weighted by atomic mass is 19.4. The Morgan fingerprint density at radius 2 is 2.14 bits per heavy atom. The lowest BCUT2D eigenvalue weighted by atomic mass is 10.4. The summed E-state index contributed by atoms with van der Waals surface area (Å²) in [6.45, 7) is -1.37. The molecule has 0 bridgehead atoms. The Balaban J connectivity index is 2.59. The fourth-order valence-electron chi connectivity index (χ4n) is 0.731. The van der Waals surface area contributed by atoms with E-state index < -0.39 is 12.8 Å². The van der Waals surface area contributed by atoms with Gasteiger partial charge in [0, 0.05) is 6.07 Å². The Kier molecular flexibility index (Phi) is 3.13. The van der Waals surface area contributed by atoms with E-state index >= 15 is 0 Å².